The van der Waals surface area contributed by atoms with Crippen molar-refractivity contribution in [3.63, 3.8) is 0 Å². The third kappa shape index (κ3) is 6.46. The Morgan fingerprint density at radius 3 is 1.57 bits per heavy atom. The number of allylic oxidation sites excluding steroid dienone is 8. The summed E-state index contributed by atoms with van der Waals surface area (Å²) in [6, 6.07) is 0. The molecule has 0 aromatic heterocycles. The van der Waals surface area contributed by atoms with Gasteiger partial charge in [-0.1, -0.05) is 0 Å². The molecule has 2 aliphatic carbocycles. The zero-order chi connectivity index (χ0) is 15.2. The minimum absolute atomic E-state index is 0. The van der Waals surface area contributed by atoms with Crippen LogP contribution < -0.4 is 34.0 Å². The van der Waals surface area contributed by atoms with E-state index in [0.29, 0.717) is 0 Å². The van der Waals surface area contributed by atoms with Crippen molar-refractivity contribution in [1.29, 1.82) is 0 Å². The molecule has 0 saturated carbocycles. The predicted octanol–water partition coefficient (Wildman–Crippen LogP) is 0.377. The minimum atomic E-state index is -0.0729. The maximum absolute atomic E-state index is 2.43. The molecule has 0 fully saturated rings. The van der Waals surface area contributed by atoms with Crippen molar-refractivity contribution in [1.82, 2.24) is 0 Å². The number of halogens is 2. The van der Waals surface area contributed by atoms with Crippen molar-refractivity contribution in [2.75, 3.05) is 0 Å². The molecule has 0 radical (unpaired) electrons. The van der Waals surface area contributed by atoms with Gasteiger partial charge >= 0.3 is 140 Å². The third-order valence-electron chi connectivity index (χ3n) is 4.74. The van der Waals surface area contributed by atoms with Gasteiger partial charge in [-0.3, -0.25) is 0 Å². The van der Waals surface area contributed by atoms with Gasteiger partial charge in [-0.2, -0.15) is 0 Å². The molecule has 0 spiro atoms. The number of hydrogen-bond donors (Lipinski definition) is 0. The fraction of sp³-hybridized carbons (Fsp3) is 0.600. The third-order valence-corrected chi connectivity index (χ3v) is 7.22. The zero-order valence-corrected chi connectivity index (χ0v) is 19.7. The summed E-state index contributed by atoms with van der Waals surface area (Å²) in [6.45, 7) is 9.45. The van der Waals surface area contributed by atoms with Crippen LogP contribution in [0.5, 0.6) is 0 Å². The van der Waals surface area contributed by atoms with Crippen LogP contribution in [0.1, 0.15) is 66.2 Å². The van der Waals surface area contributed by atoms with Crippen molar-refractivity contribution < 1.29 is 53.1 Å². The average Bonchev–Trinajstić information content (AvgIpc) is 3.09. The maximum atomic E-state index is 2.43. The van der Waals surface area contributed by atoms with Crippen molar-refractivity contribution >= 4 is 0 Å². The molecule has 0 aromatic rings. The smallest absolute Gasteiger partial charge is 1.00 e. The van der Waals surface area contributed by atoms with E-state index < -0.39 is 0 Å². The van der Waals surface area contributed by atoms with E-state index >= 15 is 0 Å². The standard InChI is InChI=1S/2C10H15.2BrH.Ti/c2*1-3-6-9(2)10-7-4-5-8-10;;;/h2*4,7,9H,3,5-6H2,1-2H3;2*1H;/q;;;;+2/p-2. The molecule has 2 rings (SSSR count). The summed E-state index contributed by atoms with van der Waals surface area (Å²) < 4.78 is 3.63. The summed E-state index contributed by atoms with van der Waals surface area (Å²) in [7, 11) is 0. The Morgan fingerprint density at radius 1 is 0.826 bits per heavy atom. The SMILES string of the molecule is CCCC(C)C1=[C]([Ti+2][C]2=C(C(C)CCC)C=CC2)CC=C1.[Br-].[Br-]. The Bertz CT molecular complexity index is 442. The molecule has 2 unspecified atom stereocenters. The molecule has 3 heteroatoms. The molecule has 0 heterocycles. The molecule has 0 amide bonds. The van der Waals surface area contributed by atoms with E-state index in [0.717, 1.165) is 11.8 Å². The van der Waals surface area contributed by atoms with E-state index in [4.69, 9.17) is 0 Å². The van der Waals surface area contributed by atoms with Crippen LogP contribution in [0.15, 0.2) is 43.2 Å². The molecule has 0 nitrogen and oxygen atoms in total. The fourth-order valence-corrected chi connectivity index (χ4v) is 6.31. The van der Waals surface area contributed by atoms with Gasteiger partial charge in [0.05, 0.1) is 0 Å². The Morgan fingerprint density at radius 2 is 1.22 bits per heavy atom. The second-order valence-electron chi connectivity index (χ2n) is 6.59. The van der Waals surface area contributed by atoms with Crippen LogP contribution in [0.4, 0.5) is 0 Å². The van der Waals surface area contributed by atoms with Crippen LogP contribution in [0.3, 0.4) is 0 Å². The van der Waals surface area contributed by atoms with Crippen LogP contribution >= 0.6 is 0 Å². The topological polar surface area (TPSA) is 0 Å². The van der Waals surface area contributed by atoms with Gasteiger partial charge in [0.2, 0.25) is 0 Å². The zero-order valence-electron chi connectivity index (χ0n) is 15.0. The monoisotopic (exact) mass is 476 g/mol. The van der Waals surface area contributed by atoms with Gasteiger partial charge in [0.1, 0.15) is 0 Å². The molecular weight excluding hydrogens is 448 g/mol. The second kappa shape index (κ2) is 12.1. The van der Waals surface area contributed by atoms with Crippen LogP contribution in [0.25, 0.3) is 0 Å². The molecule has 0 saturated heterocycles. The van der Waals surface area contributed by atoms with E-state index in [2.05, 4.69) is 52.0 Å². The molecule has 0 aromatic carbocycles. The van der Waals surface area contributed by atoms with E-state index in [9.17, 15) is 0 Å². The summed E-state index contributed by atoms with van der Waals surface area (Å²) in [6.07, 6.45) is 17.4. The molecule has 2 aliphatic rings. The van der Waals surface area contributed by atoms with Gasteiger partial charge in [0, 0.05) is 0 Å². The van der Waals surface area contributed by atoms with E-state index in [1.54, 1.807) is 11.1 Å². The van der Waals surface area contributed by atoms with Crippen LogP contribution in [-0.2, 0) is 19.2 Å². The van der Waals surface area contributed by atoms with Gasteiger partial charge in [0.15, 0.2) is 0 Å². The molecular formula is C20H30Br2Ti. The molecule has 23 heavy (non-hydrogen) atoms. The summed E-state index contributed by atoms with van der Waals surface area (Å²) in [4.78, 5) is 0. The first-order valence-electron chi connectivity index (χ1n) is 8.73. The van der Waals surface area contributed by atoms with Crippen molar-refractivity contribution in [2.24, 2.45) is 11.8 Å². The summed E-state index contributed by atoms with van der Waals surface area (Å²) in [5.41, 5.74) is 3.39. The van der Waals surface area contributed by atoms with E-state index in [1.165, 1.54) is 38.5 Å². The predicted molar refractivity (Wildman–Crippen MR) is 89.7 cm³/mol. The normalized spacial score (nSPS) is 18.6. The molecule has 0 aliphatic heterocycles. The van der Waals surface area contributed by atoms with Crippen molar-refractivity contribution in [3.8, 4) is 0 Å². The van der Waals surface area contributed by atoms with E-state index in [1.807, 2.05) is 7.76 Å². The molecule has 0 N–H and O–H groups in total. The minimum Gasteiger partial charge on any atom is -1.00 e. The fourth-order valence-electron chi connectivity index (χ4n) is 3.57. The van der Waals surface area contributed by atoms with Gasteiger partial charge in [0.25, 0.3) is 0 Å². The first kappa shape index (κ1) is 23.6. The Balaban J connectivity index is 0.00000242. The second-order valence-corrected chi connectivity index (χ2v) is 8.86. The largest absolute Gasteiger partial charge is 1.00 e. The van der Waals surface area contributed by atoms with Gasteiger partial charge in [-0.25, -0.2) is 0 Å². The van der Waals surface area contributed by atoms with Gasteiger partial charge in [-0.05, 0) is 0 Å². The average molecular weight is 478 g/mol. The molecule has 0 bridgehead atoms. The first-order chi connectivity index (χ1) is 10.2. The summed E-state index contributed by atoms with van der Waals surface area (Å²) in [5, 5.41) is 0. The van der Waals surface area contributed by atoms with Crippen LogP contribution in [-0.4, -0.2) is 0 Å². The Labute approximate surface area is 173 Å². The first-order valence-corrected chi connectivity index (χ1v) is 10.3. The van der Waals surface area contributed by atoms with Gasteiger partial charge in [-0.15, -0.1) is 0 Å². The van der Waals surface area contributed by atoms with Crippen LogP contribution in [0.2, 0.25) is 0 Å². The number of rotatable bonds is 8. The summed E-state index contributed by atoms with van der Waals surface area (Å²) >= 11 is -0.0729. The quantitative estimate of drug-likeness (QED) is 0.443. The Kier molecular flexibility index (Phi) is 12.4. The molecule has 2 atom stereocenters. The van der Waals surface area contributed by atoms with Crippen molar-refractivity contribution in [2.45, 2.75) is 66.2 Å². The van der Waals surface area contributed by atoms with Gasteiger partial charge < -0.3 is 34.0 Å². The Hall–Kier alpha value is 0.634. The molecule has 128 valence electrons. The maximum Gasteiger partial charge on any atom is -1.00 e. The van der Waals surface area contributed by atoms with Crippen molar-refractivity contribution in [3.05, 3.63) is 43.2 Å². The number of hydrogen-bond acceptors (Lipinski definition) is 0. The van der Waals surface area contributed by atoms with E-state index in [-0.39, 0.29) is 53.1 Å². The summed E-state index contributed by atoms with van der Waals surface area (Å²) in [5.74, 6) is 1.53. The van der Waals surface area contributed by atoms with Crippen LogP contribution in [0, 0.1) is 11.8 Å².